The first-order valence-corrected chi connectivity index (χ1v) is 10.1. The third-order valence-corrected chi connectivity index (χ3v) is 5.43. The molecule has 4 rings (SSSR count). The molecule has 0 radical (unpaired) electrons. The van der Waals surface area contributed by atoms with Gasteiger partial charge in [0.15, 0.2) is 5.17 Å². The average molecular weight is 421 g/mol. The van der Waals surface area contributed by atoms with Crippen molar-refractivity contribution in [1.82, 2.24) is 5.32 Å². The van der Waals surface area contributed by atoms with Gasteiger partial charge in [-0.15, -0.1) is 0 Å². The summed E-state index contributed by atoms with van der Waals surface area (Å²) in [5.41, 5.74) is 1.58. The lowest BCUT2D eigenvalue weighted by Crippen LogP contribution is -2.19. The fraction of sp³-hybridized carbons (Fsp3) is 0.0435. The Morgan fingerprint density at radius 3 is 2.69 bits per heavy atom. The van der Waals surface area contributed by atoms with Gasteiger partial charge in [0.05, 0.1) is 10.6 Å². The van der Waals surface area contributed by atoms with Crippen LogP contribution in [0.15, 0.2) is 83.2 Å². The molecule has 6 heteroatoms. The summed E-state index contributed by atoms with van der Waals surface area (Å²) in [6, 6.07) is 19.0. The minimum Gasteiger partial charge on any atom is -0.489 e. The topological polar surface area (TPSA) is 50.7 Å². The van der Waals surface area contributed by atoms with Crippen LogP contribution in [0.4, 0.5) is 5.69 Å². The number of halogens is 1. The van der Waals surface area contributed by atoms with E-state index in [9.17, 15) is 4.79 Å². The number of thioether (sulfide) groups is 1. The van der Waals surface area contributed by atoms with Gasteiger partial charge >= 0.3 is 0 Å². The fourth-order valence-corrected chi connectivity index (χ4v) is 3.89. The van der Waals surface area contributed by atoms with Gasteiger partial charge in [-0.1, -0.05) is 54.6 Å². The molecule has 1 saturated heterocycles. The van der Waals surface area contributed by atoms with Crippen LogP contribution in [0.25, 0.3) is 16.8 Å². The van der Waals surface area contributed by atoms with Crippen LogP contribution in [0.1, 0.15) is 5.56 Å². The van der Waals surface area contributed by atoms with Gasteiger partial charge in [-0.3, -0.25) is 4.79 Å². The predicted molar refractivity (Wildman–Crippen MR) is 122 cm³/mol. The van der Waals surface area contributed by atoms with Crippen molar-refractivity contribution in [1.29, 1.82) is 0 Å². The summed E-state index contributed by atoms with van der Waals surface area (Å²) >= 11 is 7.21. The van der Waals surface area contributed by atoms with Crippen molar-refractivity contribution in [3.63, 3.8) is 0 Å². The van der Waals surface area contributed by atoms with Crippen molar-refractivity contribution in [3.8, 4) is 5.75 Å². The van der Waals surface area contributed by atoms with Crippen molar-refractivity contribution in [3.05, 3.63) is 88.8 Å². The van der Waals surface area contributed by atoms with Crippen LogP contribution in [-0.4, -0.2) is 17.7 Å². The standard InChI is InChI=1S/C23H17ClN2O2S/c1-2-13-28-20-12-7-15-5-3-4-6-18(15)19(20)14-21-22(27)26-23(29-21)25-17-10-8-16(24)9-11-17/h2-12,14H,1,13H2,(H,25,26,27). The first kappa shape index (κ1) is 19.3. The first-order valence-electron chi connectivity index (χ1n) is 8.94. The molecule has 1 amide bonds. The Hall–Kier alpha value is -3.02. The summed E-state index contributed by atoms with van der Waals surface area (Å²) < 4.78 is 5.83. The number of ether oxygens (including phenoxy) is 1. The molecule has 0 aromatic heterocycles. The van der Waals surface area contributed by atoms with Gasteiger partial charge < -0.3 is 10.1 Å². The number of aliphatic imine (C=N–C) groups is 1. The van der Waals surface area contributed by atoms with E-state index in [0.717, 1.165) is 22.0 Å². The average Bonchev–Trinajstić information content (AvgIpc) is 3.08. The molecule has 4 nitrogen and oxygen atoms in total. The Morgan fingerprint density at radius 2 is 1.90 bits per heavy atom. The number of fused-ring (bicyclic) bond motifs is 1. The van der Waals surface area contributed by atoms with Gasteiger partial charge in [-0.2, -0.15) is 0 Å². The van der Waals surface area contributed by atoms with Crippen LogP contribution in [0.5, 0.6) is 5.75 Å². The zero-order valence-electron chi connectivity index (χ0n) is 15.4. The second kappa shape index (κ2) is 8.55. The molecule has 3 aromatic rings. The fourth-order valence-electron chi connectivity index (χ4n) is 2.94. The van der Waals surface area contributed by atoms with Gasteiger partial charge in [-0.05, 0) is 58.9 Å². The number of carbonyl (C=O) groups is 1. The second-order valence-corrected chi connectivity index (χ2v) is 7.72. The number of amidine groups is 1. The minimum absolute atomic E-state index is 0.190. The summed E-state index contributed by atoms with van der Waals surface area (Å²) in [6.07, 6.45) is 3.55. The van der Waals surface area contributed by atoms with E-state index in [1.54, 1.807) is 30.3 Å². The smallest absolute Gasteiger partial charge is 0.264 e. The highest BCUT2D eigenvalue weighted by atomic mass is 35.5. The van der Waals surface area contributed by atoms with Gasteiger partial charge in [0.2, 0.25) is 0 Å². The lowest BCUT2D eigenvalue weighted by atomic mass is 10.0. The summed E-state index contributed by atoms with van der Waals surface area (Å²) in [5, 5.41) is 6.06. The van der Waals surface area contributed by atoms with E-state index in [4.69, 9.17) is 16.3 Å². The summed E-state index contributed by atoms with van der Waals surface area (Å²) in [6.45, 7) is 4.09. The molecule has 0 spiro atoms. The number of carbonyl (C=O) groups excluding carboxylic acids is 1. The zero-order valence-corrected chi connectivity index (χ0v) is 17.0. The number of rotatable bonds is 5. The van der Waals surface area contributed by atoms with Crippen LogP contribution >= 0.6 is 23.4 Å². The molecule has 1 fully saturated rings. The largest absolute Gasteiger partial charge is 0.489 e. The van der Waals surface area contributed by atoms with E-state index in [1.807, 2.05) is 42.5 Å². The first-order chi connectivity index (χ1) is 14.1. The van der Waals surface area contributed by atoms with Crippen LogP contribution in [0, 0.1) is 0 Å². The lowest BCUT2D eigenvalue weighted by molar-refractivity contribution is -0.115. The summed E-state index contributed by atoms with van der Waals surface area (Å²) in [4.78, 5) is 17.6. The molecule has 1 aliphatic rings. The van der Waals surface area contributed by atoms with E-state index in [-0.39, 0.29) is 5.91 Å². The Morgan fingerprint density at radius 1 is 1.10 bits per heavy atom. The maximum atomic E-state index is 12.5. The van der Waals surface area contributed by atoms with Crippen LogP contribution in [0.2, 0.25) is 5.02 Å². The molecular formula is C23H17ClN2O2S. The van der Waals surface area contributed by atoms with E-state index in [2.05, 4.69) is 16.9 Å². The number of nitrogens with one attached hydrogen (secondary N) is 1. The molecule has 0 unspecified atom stereocenters. The molecule has 144 valence electrons. The van der Waals surface area contributed by atoms with Crippen molar-refractivity contribution in [2.45, 2.75) is 0 Å². The van der Waals surface area contributed by atoms with Crippen molar-refractivity contribution >= 4 is 57.0 Å². The Bertz CT molecular complexity index is 1150. The molecule has 0 aliphatic carbocycles. The zero-order chi connectivity index (χ0) is 20.2. The normalized spacial score (nSPS) is 16.4. The molecular weight excluding hydrogens is 404 g/mol. The highest BCUT2D eigenvalue weighted by Gasteiger charge is 2.24. The Labute approximate surface area is 177 Å². The molecule has 0 atom stereocenters. The number of amides is 1. The van der Waals surface area contributed by atoms with Crippen LogP contribution < -0.4 is 10.1 Å². The van der Waals surface area contributed by atoms with E-state index >= 15 is 0 Å². The van der Waals surface area contributed by atoms with E-state index in [0.29, 0.717) is 27.5 Å². The monoisotopic (exact) mass is 420 g/mol. The van der Waals surface area contributed by atoms with Gasteiger partial charge in [0, 0.05) is 10.6 Å². The maximum absolute atomic E-state index is 12.5. The minimum atomic E-state index is -0.190. The van der Waals surface area contributed by atoms with E-state index < -0.39 is 0 Å². The number of benzene rings is 3. The van der Waals surface area contributed by atoms with Crippen molar-refractivity contribution < 1.29 is 9.53 Å². The molecule has 3 aromatic carbocycles. The van der Waals surface area contributed by atoms with Crippen molar-refractivity contribution in [2.24, 2.45) is 4.99 Å². The third kappa shape index (κ3) is 4.36. The Balaban J connectivity index is 1.71. The predicted octanol–water partition coefficient (Wildman–Crippen LogP) is 5.95. The molecule has 1 aliphatic heterocycles. The van der Waals surface area contributed by atoms with Gasteiger partial charge in [-0.25, -0.2) is 4.99 Å². The van der Waals surface area contributed by atoms with Gasteiger partial charge in [0.1, 0.15) is 12.4 Å². The highest BCUT2D eigenvalue weighted by molar-refractivity contribution is 8.18. The van der Waals surface area contributed by atoms with E-state index in [1.165, 1.54) is 11.8 Å². The molecule has 1 heterocycles. The number of hydrogen-bond donors (Lipinski definition) is 1. The molecule has 29 heavy (non-hydrogen) atoms. The lowest BCUT2D eigenvalue weighted by Gasteiger charge is -2.11. The quantitative estimate of drug-likeness (QED) is 0.410. The number of hydrogen-bond acceptors (Lipinski definition) is 4. The summed E-state index contributed by atoms with van der Waals surface area (Å²) in [7, 11) is 0. The molecule has 0 bridgehead atoms. The van der Waals surface area contributed by atoms with Gasteiger partial charge in [0.25, 0.3) is 5.91 Å². The summed E-state index contributed by atoms with van der Waals surface area (Å²) in [5.74, 6) is 0.512. The maximum Gasteiger partial charge on any atom is 0.264 e. The van der Waals surface area contributed by atoms with Crippen LogP contribution in [-0.2, 0) is 4.79 Å². The highest BCUT2D eigenvalue weighted by Crippen LogP contribution is 2.34. The molecule has 1 N–H and O–H groups in total. The SMILES string of the molecule is C=CCOc1ccc2ccccc2c1C=C1SC(=Nc2ccc(Cl)cc2)NC1=O. The number of nitrogens with zero attached hydrogens (tertiary/aromatic N) is 1. The third-order valence-electron chi connectivity index (χ3n) is 4.27. The second-order valence-electron chi connectivity index (χ2n) is 6.26. The molecule has 0 saturated carbocycles. The van der Waals surface area contributed by atoms with Crippen molar-refractivity contribution in [2.75, 3.05) is 6.61 Å². The Kier molecular flexibility index (Phi) is 5.69. The van der Waals surface area contributed by atoms with Crippen LogP contribution in [0.3, 0.4) is 0 Å².